The number of halogens is 2. The van der Waals surface area contributed by atoms with Crippen molar-refractivity contribution in [2.45, 2.75) is 6.61 Å². The smallest absolute Gasteiger partial charge is 0.133 e. The van der Waals surface area contributed by atoms with E-state index in [1.54, 1.807) is 7.11 Å². The standard InChI is InChI=1S/C8H8BrIO2/c1-12-6-3-2-5(4-11)7(9)8(6)10/h2-3,11H,4H2,1H3. The van der Waals surface area contributed by atoms with E-state index in [9.17, 15) is 0 Å². The molecule has 0 unspecified atom stereocenters. The van der Waals surface area contributed by atoms with Crippen molar-refractivity contribution in [2.75, 3.05) is 7.11 Å². The minimum absolute atomic E-state index is 0.0422. The van der Waals surface area contributed by atoms with Gasteiger partial charge in [-0.3, -0.25) is 0 Å². The van der Waals surface area contributed by atoms with Crippen LogP contribution in [0.4, 0.5) is 0 Å². The number of rotatable bonds is 2. The Labute approximate surface area is 93.2 Å². The first-order valence-electron chi connectivity index (χ1n) is 3.32. The molecule has 0 spiro atoms. The van der Waals surface area contributed by atoms with Gasteiger partial charge in [0.1, 0.15) is 5.75 Å². The van der Waals surface area contributed by atoms with E-state index in [-0.39, 0.29) is 6.61 Å². The Kier molecular flexibility index (Phi) is 3.79. The molecule has 0 aliphatic rings. The van der Waals surface area contributed by atoms with Crippen molar-refractivity contribution in [3.63, 3.8) is 0 Å². The van der Waals surface area contributed by atoms with Gasteiger partial charge >= 0.3 is 0 Å². The third kappa shape index (κ3) is 1.92. The fourth-order valence-electron chi connectivity index (χ4n) is 0.851. The van der Waals surface area contributed by atoms with Crippen LogP contribution in [0.3, 0.4) is 0 Å². The molecule has 0 fully saturated rings. The molecule has 0 saturated heterocycles. The highest BCUT2D eigenvalue weighted by Gasteiger charge is 2.07. The van der Waals surface area contributed by atoms with Gasteiger partial charge in [-0.15, -0.1) is 0 Å². The molecule has 0 amide bonds. The summed E-state index contributed by atoms with van der Waals surface area (Å²) in [6, 6.07) is 3.68. The minimum Gasteiger partial charge on any atom is -0.496 e. The lowest BCUT2D eigenvalue weighted by Crippen LogP contribution is -1.92. The van der Waals surface area contributed by atoms with Gasteiger partial charge in [0.05, 0.1) is 17.3 Å². The zero-order valence-electron chi connectivity index (χ0n) is 6.47. The summed E-state index contributed by atoms with van der Waals surface area (Å²) in [4.78, 5) is 0. The van der Waals surface area contributed by atoms with Crippen molar-refractivity contribution in [1.29, 1.82) is 0 Å². The molecule has 1 aromatic rings. The number of hydrogen-bond acceptors (Lipinski definition) is 2. The highest BCUT2D eigenvalue weighted by molar-refractivity contribution is 14.1. The molecular weight excluding hydrogens is 335 g/mol. The van der Waals surface area contributed by atoms with Gasteiger partial charge < -0.3 is 9.84 Å². The van der Waals surface area contributed by atoms with E-state index < -0.39 is 0 Å². The lowest BCUT2D eigenvalue weighted by molar-refractivity contribution is 0.280. The van der Waals surface area contributed by atoms with Crippen LogP contribution >= 0.6 is 38.5 Å². The summed E-state index contributed by atoms with van der Waals surface area (Å²) in [5.74, 6) is 0.819. The van der Waals surface area contributed by atoms with Gasteiger partial charge in [-0.2, -0.15) is 0 Å². The van der Waals surface area contributed by atoms with Crippen LogP contribution in [-0.4, -0.2) is 12.2 Å². The van der Waals surface area contributed by atoms with Gasteiger partial charge in [0.2, 0.25) is 0 Å². The van der Waals surface area contributed by atoms with Gasteiger partial charge in [-0.25, -0.2) is 0 Å². The first kappa shape index (κ1) is 10.3. The Bertz CT molecular complexity index is 260. The van der Waals surface area contributed by atoms with Crippen LogP contribution in [0.5, 0.6) is 5.75 Å². The molecule has 2 nitrogen and oxygen atoms in total. The van der Waals surface area contributed by atoms with Crippen molar-refractivity contribution < 1.29 is 9.84 Å². The average molecular weight is 343 g/mol. The van der Waals surface area contributed by atoms with Crippen molar-refractivity contribution in [3.05, 3.63) is 25.7 Å². The number of hydrogen-bond donors (Lipinski definition) is 1. The predicted molar refractivity (Wildman–Crippen MR) is 59.3 cm³/mol. The molecule has 0 bridgehead atoms. The van der Waals surface area contributed by atoms with E-state index >= 15 is 0 Å². The molecule has 4 heteroatoms. The summed E-state index contributed by atoms with van der Waals surface area (Å²) in [6.45, 7) is 0.0422. The van der Waals surface area contributed by atoms with E-state index in [4.69, 9.17) is 9.84 Å². The number of aliphatic hydroxyl groups is 1. The van der Waals surface area contributed by atoms with E-state index in [0.29, 0.717) is 0 Å². The van der Waals surface area contributed by atoms with Crippen molar-refractivity contribution in [2.24, 2.45) is 0 Å². The summed E-state index contributed by atoms with van der Waals surface area (Å²) in [5.41, 5.74) is 0.875. The molecule has 1 rings (SSSR count). The van der Waals surface area contributed by atoms with Crippen molar-refractivity contribution in [3.8, 4) is 5.75 Å². The van der Waals surface area contributed by atoms with Crippen LogP contribution in [0.2, 0.25) is 0 Å². The Morgan fingerprint density at radius 2 is 2.25 bits per heavy atom. The first-order valence-corrected chi connectivity index (χ1v) is 5.19. The average Bonchev–Trinajstić information content (AvgIpc) is 2.10. The Morgan fingerprint density at radius 3 is 2.75 bits per heavy atom. The van der Waals surface area contributed by atoms with Crippen LogP contribution in [0.1, 0.15) is 5.56 Å². The number of benzene rings is 1. The van der Waals surface area contributed by atoms with Crippen molar-refractivity contribution in [1.82, 2.24) is 0 Å². The number of aliphatic hydroxyl groups excluding tert-OH is 1. The maximum Gasteiger partial charge on any atom is 0.133 e. The van der Waals surface area contributed by atoms with Crippen LogP contribution in [0.25, 0.3) is 0 Å². The second-order valence-corrected chi connectivity index (χ2v) is 4.08. The second-order valence-electron chi connectivity index (χ2n) is 2.21. The SMILES string of the molecule is COc1ccc(CO)c(Br)c1I. The molecule has 0 radical (unpaired) electrons. The maximum absolute atomic E-state index is 8.93. The zero-order valence-corrected chi connectivity index (χ0v) is 10.2. The molecular formula is C8H8BrIO2. The predicted octanol–water partition coefficient (Wildman–Crippen LogP) is 2.55. The van der Waals surface area contributed by atoms with Gasteiger partial charge in [-0.1, -0.05) is 6.07 Å². The molecule has 0 aromatic heterocycles. The minimum atomic E-state index is 0.0422. The quantitative estimate of drug-likeness (QED) is 0.837. The largest absolute Gasteiger partial charge is 0.496 e. The van der Waals surface area contributed by atoms with E-state index in [0.717, 1.165) is 19.4 Å². The molecule has 0 aliphatic carbocycles. The summed E-state index contributed by atoms with van der Waals surface area (Å²) in [6.07, 6.45) is 0. The highest BCUT2D eigenvalue weighted by Crippen LogP contribution is 2.31. The van der Waals surface area contributed by atoms with Gasteiger partial charge in [-0.05, 0) is 50.2 Å². The monoisotopic (exact) mass is 342 g/mol. The summed E-state index contributed by atoms with van der Waals surface area (Å²) < 4.78 is 7.00. The molecule has 0 atom stereocenters. The van der Waals surface area contributed by atoms with Crippen LogP contribution in [0, 0.1) is 3.57 Å². The Hall–Kier alpha value is 0.190. The fraction of sp³-hybridized carbons (Fsp3) is 0.250. The summed E-state index contributed by atoms with van der Waals surface area (Å²) >= 11 is 5.56. The lowest BCUT2D eigenvalue weighted by atomic mass is 10.2. The zero-order chi connectivity index (χ0) is 9.14. The Balaban J connectivity index is 3.20. The number of methoxy groups -OCH3 is 1. The van der Waals surface area contributed by atoms with Gasteiger partial charge in [0.25, 0.3) is 0 Å². The number of ether oxygens (including phenoxy) is 1. The molecule has 1 aromatic carbocycles. The van der Waals surface area contributed by atoms with Crippen LogP contribution in [-0.2, 0) is 6.61 Å². The Morgan fingerprint density at radius 1 is 1.58 bits per heavy atom. The van der Waals surface area contributed by atoms with Crippen LogP contribution < -0.4 is 4.74 Å². The van der Waals surface area contributed by atoms with Gasteiger partial charge in [0, 0.05) is 4.47 Å². The topological polar surface area (TPSA) is 29.5 Å². The molecule has 12 heavy (non-hydrogen) atoms. The van der Waals surface area contributed by atoms with E-state index in [2.05, 4.69) is 38.5 Å². The highest BCUT2D eigenvalue weighted by atomic mass is 127. The first-order chi connectivity index (χ1) is 5.70. The van der Waals surface area contributed by atoms with E-state index in [1.807, 2.05) is 12.1 Å². The normalized spacial score (nSPS) is 10.0. The van der Waals surface area contributed by atoms with Gasteiger partial charge in [0.15, 0.2) is 0 Å². The maximum atomic E-state index is 8.93. The molecule has 0 heterocycles. The summed E-state index contributed by atoms with van der Waals surface area (Å²) in [5, 5.41) is 8.93. The summed E-state index contributed by atoms with van der Waals surface area (Å²) in [7, 11) is 1.63. The lowest BCUT2D eigenvalue weighted by Gasteiger charge is -2.07. The molecule has 1 N–H and O–H groups in total. The third-order valence-electron chi connectivity index (χ3n) is 1.52. The second kappa shape index (κ2) is 4.43. The molecule has 0 aliphatic heterocycles. The van der Waals surface area contributed by atoms with Crippen molar-refractivity contribution >= 4 is 38.5 Å². The van der Waals surface area contributed by atoms with Crippen LogP contribution in [0.15, 0.2) is 16.6 Å². The molecule has 66 valence electrons. The third-order valence-corrected chi connectivity index (χ3v) is 4.24. The molecule has 0 saturated carbocycles. The fourth-order valence-corrected chi connectivity index (χ4v) is 2.05. The van der Waals surface area contributed by atoms with E-state index in [1.165, 1.54) is 0 Å².